The van der Waals surface area contributed by atoms with Crippen molar-refractivity contribution in [2.24, 2.45) is 5.10 Å². The molecule has 202 valence electrons. The molecule has 0 fully saturated rings. The van der Waals surface area contributed by atoms with Gasteiger partial charge in [0.1, 0.15) is 11.5 Å². The van der Waals surface area contributed by atoms with Gasteiger partial charge < -0.3 is 9.84 Å². The summed E-state index contributed by atoms with van der Waals surface area (Å²) in [6, 6.07) is 19.1. The Balaban J connectivity index is 1.49. The second-order valence-corrected chi connectivity index (χ2v) is 10.9. The first kappa shape index (κ1) is 27.9. The van der Waals surface area contributed by atoms with Crippen LogP contribution in [0.15, 0.2) is 84.0 Å². The standard InChI is InChI=1S/C27H20ClF3N2O5S/c28-24-13-18(9-12-25(24)34)26(35)33-32-14-19-3-1-6-23-20(4-2-5-22(19)23)16-39(36,37)15-17-7-10-21(11-8-17)38-27(29,30)31/h1-14,34H,15-16H2,(H,33,35). The van der Waals surface area contributed by atoms with Gasteiger partial charge in [-0.3, -0.25) is 4.79 Å². The van der Waals surface area contributed by atoms with Gasteiger partial charge in [0.2, 0.25) is 0 Å². The number of nitrogens with one attached hydrogen (secondary N) is 1. The van der Waals surface area contributed by atoms with Crippen LogP contribution >= 0.6 is 11.6 Å². The van der Waals surface area contributed by atoms with E-state index in [4.69, 9.17) is 11.6 Å². The zero-order valence-electron chi connectivity index (χ0n) is 19.9. The van der Waals surface area contributed by atoms with E-state index < -0.39 is 27.9 Å². The summed E-state index contributed by atoms with van der Waals surface area (Å²) < 4.78 is 66.7. The summed E-state index contributed by atoms with van der Waals surface area (Å²) in [5, 5.41) is 14.9. The van der Waals surface area contributed by atoms with Gasteiger partial charge in [0.15, 0.2) is 9.84 Å². The zero-order chi connectivity index (χ0) is 28.2. The number of alkyl halides is 3. The molecule has 4 rings (SSSR count). The number of rotatable bonds is 8. The maximum atomic E-state index is 12.9. The lowest BCUT2D eigenvalue weighted by molar-refractivity contribution is -0.274. The number of nitrogens with zero attached hydrogens (tertiary/aromatic N) is 1. The lowest BCUT2D eigenvalue weighted by Gasteiger charge is -2.11. The van der Waals surface area contributed by atoms with E-state index in [1.165, 1.54) is 36.5 Å². The number of hydrazone groups is 1. The van der Waals surface area contributed by atoms with Gasteiger partial charge in [-0.1, -0.05) is 60.1 Å². The molecule has 0 saturated heterocycles. The van der Waals surface area contributed by atoms with E-state index in [-0.39, 0.29) is 27.8 Å². The van der Waals surface area contributed by atoms with Gasteiger partial charge in [0.25, 0.3) is 5.91 Å². The first-order valence-corrected chi connectivity index (χ1v) is 13.5. The van der Waals surface area contributed by atoms with Gasteiger partial charge in [-0.05, 0) is 52.2 Å². The summed E-state index contributed by atoms with van der Waals surface area (Å²) in [4.78, 5) is 12.3. The van der Waals surface area contributed by atoms with E-state index in [2.05, 4.69) is 15.3 Å². The molecule has 7 nitrogen and oxygen atoms in total. The molecule has 4 aromatic carbocycles. The Labute approximate surface area is 226 Å². The van der Waals surface area contributed by atoms with Gasteiger partial charge in [-0.2, -0.15) is 5.10 Å². The largest absolute Gasteiger partial charge is 0.573 e. The Hall–Kier alpha value is -4.09. The molecule has 2 N–H and O–H groups in total. The highest BCUT2D eigenvalue weighted by atomic mass is 35.5. The molecule has 0 radical (unpaired) electrons. The Bertz CT molecular complexity index is 1660. The number of ether oxygens (including phenoxy) is 1. The van der Waals surface area contributed by atoms with Crippen molar-refractivity contribution in [3.8, 4) is 11.5 Å². The molecule has 0 atom stereocenters. The summed E-state index contributed by atoms with van der Waals surface area (Å²) in [7, 11) is -3.69. The third-order valence-corrected chi connectivity index (χ3v) is 7.37. The Morgan fingerprint density at radius 1 is 0.974 bits per heavy atom. The topological polar surface area (TPSA) is 105 Å². The molecule has 12 heteroatoms. The minimum atomic E-state index is -4.84. The monoisotopic (exact) mass is 576 g/mol. The number of phenolic OH excluding ortho intramolecular Hbond substituents is 1. The van der Waals surface area contributed by atoms with Crippen molar-refractivity contribution in [1.82, 2.24) is 5.43 Å². The van der Waals surface area contributed by atoms with Crippen molar-refractivity contribution < 1.29 is 36.2 Å². The number of sulfone groups is 1. The van der Waals surface area contributed by atoms with Crippen LogP contribution in [-0.2, 0) is 21.3 Å². The summed E-state index contributed by atoms with van der Waals surface area (Å²) in [5.74, 6) is -1.80. The van der Waals surface area contributed by atoms with Crippen LogP contribution in [0.4, 0.5) is 13.2 Å². The number of fused-ring (bicyclic) bond motifs is 1. The summed E-state index contributed by atoms with van der Waals surface area (Å²) >= 11 is 5.83. The van der Waals surface area contributed by atoms with E-state index >= 15 is 0 Å². The number of phenols is 1. The molecular formula is C27H20ClF3N2O5S. The fourth-order valence-electron chi connectivity index (χ4n) is 3.84. The normalized spacial score (nSPS) is 12.1. The summed E-state index contributed by atoms with van der Waals surface area (Å²) in [6.07, 6.45) is -3.41. The van der Waals surface area contributed by atoms with Gasteiger partial charge in [-0.15, -0.1) is 13.2 Å². The second-order valence-electron chi connectivity index (χ2n) is 8.45. The molecule has 0 bridgehead atoms. The number of hydrogen-bond acceptors (Lipinski definition) is 6. The minimum Gasteiger partial charge on any atom is -0.506 e. The molecule has 0 aliphatic heterocycles. The Morgan fingerprint density at radius 2 is 1.67 bits per heavy atom. The maximum absolute atomic E-state index is 12.9. The number of hydrogen-bond donors (Lipinski definition) is 2. The third kappa shape index (κ3) is 7.49. The maximum Gasteiger partial charge on any atom is 0.573 e. The predicted molar refractivity (Wildman–Crippen MR) is 142 cm³/mol. The van der Waals surface area contributed by atoms with Crippen molar-refractivity contribution in [1.29, 1.82) is 0 Å². The van der Waals surface area contributed by atoms with Crippen LogP contribution in [0.5, 0.6) is 11.5 Å². The summed E-state index contributed by atoms with van der Waals surface area (Å²) in [6.45, 7) is 0. The van der Waals surface area contributed by atoms with Gasteiger partial charge >= 0.3 is 6.36 Å². The molecule has 4 aromatic rings. The number of benzene rings is 4. The average Bonchev–Trinajstić information content (AvgIpc) is 2.86. The molecule has 39 heavy (non-hydrogen) atoms. The lowest BCUT2D eigenvalue weighted by atomic mass is 10.0. The van der Waals surface area contributed by atoms with Crippen LogP contribution in [-0.4, -0.2) is 32.0 Å². The molecule has 0 heterocycles. The van der Waals surface area contributed by atoms with Crippen molar-refractivity contribution >= 4 is 44.3 Å². The molecular weight excluding hydrogens is 557 g/mol. The molecule has 0 aliphatic rings. The fraction of sp³-hybridized carbons (Fsp3) is 0.111. The minimum absolute atomic E-state index is 0.0237. The fourth-order valence-corrected chi connectivity index (χ4v) is 5.55. The summed E-state index contributed by atoms with van der Waals surface area (Å²) in [5.41, 5.74) is 4.05. The molecule has 0 unspecified atom stereocenters. The van der Waals surface area contributed by atoms with E-state index in [1.807, 2.05) is 0 Å². The zero-order valence-corrected chi connectivity index (χ0v) is 21.5. The van der Waals surface area contributed by atoms with Gasteiger partial charge in [0.05, 0.1) is 22.7 Å². The average molecular weight is 577 g/mol. The van der Waals surface area contributed by atoms with E-state index in [0.29, 0.717) is 27.5 Å². The third-order valence-electron chi connectivity index (χ3n) is 5.54. The highest BCUT2D eigenvalue weighted by Crippen LogP contribution is 2.27. The van der Waals surface area contributed by atoms with Crippen molar-refractivity contribution in [2.45, 2.75) is 17.9 Å². The van der Waals surface area contributed by atoms with Crippen LogP contribution in [0.25, 0.3) is 10.8 Å². The lowest BCUT2D eigenvalue weighted by Crippen LogP contribution is -2.17. The van der Waals surface area contributed by atoms with Crippen LogP contribution < -0.4 is 10.2 Å². The van der Waals surface area contributed by atoms with Crippen LogP contribution in [0, 0.1) is 0 Å². The number of carbonyl (C=O) groups is 1. The van der Waals surface area contributed by atoms with Crippen LogP contribution in [0.2, 0.25) is 5.02 Å². The Morgan fingerprint density at radius 3 is 2.36 bits per heavy atom. The van der Waals surface area contributed by atoms with Gasteiger partial charge in [-0.25, -0.2) is 13.8 Å². The van der Waals surface area contributed by atoms with Crippen LogP contribution in [0.3, 0.4) is 0 Å². The first-order valence-electron chi connectivity index (χ1n) is 11.3. The quantitative estimate of drug-likeness (QED) is 0.198. The number of amides is 1. The van der Waals surface area contributed by atoms with Crippen molar-refractivity contribution in [3.63, 3.8) is 0 Å². The van der Waals surface area contributed by atoms with E-state index in [1.54, 1.807) is 36.4 Å². The molecule has 1 amide bonds. The SMILES string of the molecule is O=C(NN=Cc1cccc2c(CS(=O)(=O)Cc3ccc(OC(F)(F)F)cc3)cccc12)c1ccc(O)c(Cl)c1. The molecule has 0 saturated carbocycles. The molecule has 0 aliphatic carbocycles. The molecule has 0 spiro atoms. The smallest absolute Gasteiger partial charge is 0.506 e. The van der Waals surface area contributed by atoms with E-state index in [9.17, 15) is 31.5 Å². The van der Waals surface area contributed by atoms with E-state index in [0.717, 1.165) is 12.1 Å². The highest BCUT2D eigenvalue weighted by Gasteiger charge is 2.31. The highest BCUT2D eigenvalue weighted by molar-refractivity contribution is 7.89. The number of halogens is 4. The first-order chi connectivity index (χ1) is 18.4. The van der Waals surface area contributed by atoms with Crippen molar-refractivity contribution in [2.75, 3.05) is 0 Å². The molecule has 0 aromatic heterocycles. The van der Waals surface area contributed by atoms with Crippen molar-refractivity contribution in [3.05, 3.63) is 106 Å². The predicted octanol–water partition coefficient (Wildman–Crippen LogP) is 5.98. The Kier molecular flexibility index (Phi) is 8.12. The number of carbonyl (C=O) groups excluding carboxylic acids is 1. The van der Waals surface area contributed by atoms with Crippen LogP contribution in [0.1, 0.15) is 27.0 Å². The second kappa shape index (κ2) is 11.3. The van der Waals surface area contributed by atoms with Gasteiger partial charge in [0, 0.05) is 11.1 Å². The number of aromatic hydroxyl groups is 1.